The number of carbonyl (C=O) groups excluding carboxylic acids is 1. The number of hydrogen-bond donors (Lipinski definition) is 1. The van der Waals surface area contributed by atoms with E-state index in [1.54, 1.807) is 6.07 Å². The second kappa shape index (κ2) is 6.44. The third-order valence-corrected chi connectivity index (χ3v) is 3.53. The molecular weight excluding hydrogens is 290 g/mol. The molecule has 5 nitrogen and oxygen atoms in total. The molecule has 1 amide bonds. The minimum Gasteiger partial charge on any atom is -0.343 e. The van der Waals surface area contributed by atoms with Gasteiger partial charge in [-0.15, -0.1) is 0 Å². The lowest BCUT2D eigenvalue weighted by atomic mass is 10.1. The topological polar surface area (TPSA) is 68.0 Å². The van der Waals surface area contributed by atoms with Crippen LogP contribution >= 0.6 is 0 Å². The second-order valence-corrected chi connectivity index (χ2v) is 5.38. The van der Waals surface area contributed by atoms with E-state index < -0.39 is 0 Å². The van der Waals surface area contributed by atoms with Crippen molar-refractivity contribution in [3.05, 3.63) is 71.1 Å². The Hall–Kier alpha value is -2.95. The molecule has 0 unspecified atom stereocenters. The van der Waals surface area contributed by atoms with Gasteiger partial charge in [0.25, 0.3) is 5.91 Å². The number of rotatable bonds is 4. The van der Waals surface area contributed by atoms with Crippen LogP contribution in [0.15, 0.2) is 53.1 Å². The summed E-state index contributed by atoms with van der Waals surface area (Å²) in [5.74, 6) is 0.747. The zero-order valence-electron chi connectivity index (χ0n) is 13.0. The van der Waals surface area contributed by atoms with Gasteiger partial charge in [-0.05, 0) is 31.5 Å². The summed E-state index contributed by atoms with van der Waals surface area (Å²) in [7, 11) is 0. The number of benzene rings is 2. The van der Waals surface area contributed by atoms with Crippen LogP contribution in [0, 0.1) is 13.8 Å². The molecule has 5 heteroatoms. The summed E-state index contributed by atoms with van der Waals surface area (Å²) in [5, 5.41) is 6.76. The van der Waals surface area contributed by atoms with Gasteiger partial charge in [-0.3, -0.25) is 4.79 Å². The number of amides is 1. The molecule has 0 radical (unpaired) electrons. The first-order valence-corrected chi connectivity index (χ1v) is 7.37. The summed E-state index contributed by atoms with van der Waals surface area (Å²) < 4.78 is 5.21. The van der Waals surface area contributed by atoms with Crippen molar-refractivity contribution in [3.8, 4) is 11.4 Å². The normalized spacial score (nSPS) is 10.5. The molecule has 0 fully saturated rings. The molecule has 1 N–H and O–H groups in total. The lowest BCUT2D eigenvalue weighted by Gasteiger charge is -2.03. The lowest BCUT2D eigenvalue weighted by molar-refractivity contribution is 0.0946. The summed E-state index contributed by atoms with van der Waals surface area (Å²) in [6.45, 7) is 4.14. The van der Waals surface area contributed by atoms with Gasteiger partial charge in [-0.2, -0.15) is 4.98 Å². The quantitative estimate of drug-likeness (QED) is 0.803. The van der Waals surface area contributed by atoms with E-state index in [0.29, 0.717) is 17.3 Å². The molecule has 3 rings (SSSR count). The first-order chi connectivity index (χ1) is 11.1. The maximum atomic E-state index is 12.1. The van der Waals surface area contributed by atoms with Gasteiger partial charge in [-0.1, -0.05) is 47.1 Å². The summed E-state index contributed by atoms with van der Waals surface area (Å²) in [4.78, 5) is 16.4. The Bertz CT molecular complexity index is 840. The van der Waals surface area contributed by atoms with E-state index >= 15 is 0 Å². The zero-order valence-corrected chi connectivity index (χ0v) is 13.0. The average Bonchev–Trinajstić information content (AvgIpc) is 3.02. The van der Waals surface area contributed by atoms with E-state index in [1.165, 1.54) is 0 Å². The minimum atomic E-state index is -0.163. The van der Waals surface area contributed by atoms with E-state index in [-0.39, 0.29) is 12.5 Å². The van der Waals surface area contributed by atoms with Crippen LogP contribution in [0.3, 0.4) is 0 Å². The Morgan fingerprint density at radius 2 is 1.96 bits per heavy atom. The fourth-order valence-electron chi connectivity index (χ4n) is 2.30. The van der Waals surface area contributed by atoms with E-state index in [4.69, 9.17) is 4.52 Å². The number of nitrogens with one attached hydrogen (secondary N) is 1. The summed E-state index contributed by atoms with van der Waals surface area (Å²) in [6.07, 6.45) is 0. The van der Waals surface area contributed by atoms with Crippen molar-refractivity contribution in [1.82, 2.24) is 15.5 Å². The van der Waals surface area contributed by atoms with Gasteiger partial charge in [0, 0.05) is 11.1 Å². The Morgan fingerprint density at radius 1 is 1.13 bits per heavy atom. The fourth-order valence-corrected chi connectivity index (χ4v) is 2.30. The van der Waals surface area contributed by atoms with Gasteiger partial charge in [0.15, 0.2) is 0 Å². The number of aryl methyl sites for hydroxylation is 2. The highest BCUT2D eigenvalue weighted by atomic mass is 16.5. The van der Waals surface area contributed by atoms with Crippen LogP contribution in [0.5, 0.6) is 0 Å². The van der Waals surface area contributed by atoms with Crippen LogP contribution < -0.4 is 5.32 Å². The maximum Gasteiger partial charge on any atom is 0.251 e. The smallest absolute Gasteiger partial charge is 0.251 e. The first-order valence-electron chi connectivity index (χ1n) is 7.37. The van der Waals surface area contributed by atoms with E-state index in [9.17, 15) is 4.79 Å². The Morgan fingerprint density at radius 3 is 2.74 bits per heavy atom. The number of carbonyl (C=O) groups is 1. The van der Waals surface area contributed by atoms with E-state index in [1.807, 2.05) is 56.3 Å². The highest BCUT2D eigenvalue weighted by Crippen LogP contribution is 2.19. The molecule has 116 valence electrons. The predicted octanol–water partition coefficient (Wildman–Crippen LogP) is 3.28. The highest BCUT2D eigenvalue weighted by molar-refractivity contribution is 5.94. The largest absolute Gasteiger partial charge is 0.343 e. The van der Waals surface area contributed by atoms with Crippen molar-refractivity contribution >= 4 is 5.91 Å². The molecule has 23 heavy (non-hydrogen) atoms. The minimum absolute atomic E-state index is 0.163. The monoisotopic (exact) mass is 307 g/mol. The van der Waals surface area contributed by atoms with Crippen molar-refractivity contribution < 1.29 is 9.32 Å². The molecule has 0 bridgehead atoms. The average molecular weight is 307 g/mol. The van der Waals surface area contributed by atoms with Crippen molar-refractivity contribution in [1.29, 1.82) is 0 Å². The molecule has 2 aromatic carbocycles. The molecule has 1 aromatic heterocycles. The Kier molecular flexibility index (Phi) is 4.19. The second-order valence-electron chi connectivity index (χ2n) is 5.38. The Balaban J connectivity index is 1.68. The van der Waals surface area contributed by atoms with Crippen LogP contribution in [-0.4, -0.2) is 16.0 Å². The van der Waals surface area contributed by atoms with E-state index in [0.717, 1.165) is 16.7 Å². The zero-order chi connectivity index (χ0) is 16.2. The third-order valence-electron chi connectivity index (χ3n) is 3.53. The molecule has 0 saturated carbocycles. The van der Waals surface area contributed by atoms with Gasteiger partial charge >= 0.3 is 0 Å². The molecule has 3 aromatic rings. The summed E-state index contributed by atoms with van der Waals surface area (Å²) in [6, 6.07) is 15.2. The van der Waals surface area contributed by atoms with Gasteiger partial charge in [0.05, 0.1) is 6.54 Å². The molecule has 0 atom stereocenters. The van der Waals surface area contributed by atoms with Crippen LogP contribution in [0.1, 0.15) is 27.4 Å². The predicted molar refractivity (Wildman–Crippen MR) is 86.8 cm³/mol. The maximum absolute atomic E-state index is 12.1. The third kappa shape index (κ3) is 3.45. The summed E-state index contributed by atoms with van der Waals surface area (Å²) in [5.41, 5.74) is 3.65. The van der Waals surface area contributed by atoms with Crippen molar-refractivity contribution in [2.24, 2.45) is 0 Å². The van der Waals surface area contributed by atoms with Crippen LogP contribution in [-0.2, 0) is 6.54 Å². The molecule has 0 aliphatic heterocycles. The molecule has 0 aliphatic rings. The number of nitrogens with zero attached hydrogens (tertiary/aromatic N) is 2. The lowest BCUT2D eigenvalue weighted by Crippen LogP contribution is -2.22. The highest BCUT2D eigenvalue weighted by Gasteiger charge is 2.12. The molecule has 1 heterocycles. The van der Waals surface area contributed by atoms with Crippen LogP contribution in [0.2, 0.25) is 0 Å². The van der Waals surface area contributed by atoms with Gasteiger partial charge in [0.1, 0.15) is 0 Å². The standard InChI is InChI=1S/C18H17N3O2/c1-12-6-5-8-14(10-12)18(22)19-11-16-20-17(21-23-16)15-9-4-3-7-13(15)2/h3-10H,11H2,1-2H3,(H,19,22). The molecule has 0 saturated heterocycles. The SMILES string of the molecule is Cc1cccc(C(=O)NCc2nc(-c3ccccc3C)no2)c1. The number of aromatic nitrogens is 2. The summed E-state index contributed by atoms with van der Waals surface area (Å²) >= 11 is 0. The van der Waals surface area contributed by atoms with Gasteiger partial charge in [0.2, 0.25) is 11.7 Å². The van der Waals surface area contributed by atoms with Crippen molar-refractivity contribution in [3.63, 3.8) is 0 Å². The molecule has 0 aliphatic carbocycles. The first kappa shape index (κ1) is 15.0. The van der Waals surface area contributed by atoms with Gasteiger partial charge in [-0.25, -0.2) is 0 Å². The Labute approximate surface area is 134 Å². The fraction of sp³-hybridized carbons (Fsp3) is 0.167. The van der Waals surface area contributed by atoms with E-state index in [2.05, 4.69) is 15.5 Å². The van der Waals surface area contributed by atoms with Crippen molar-refractivity contribution in [2.45, 2.75) is 20.4 Å². The van der Waals surface area contributed by atoms with Crippen molar-refractivity contribution in [2.75, 3.05) is 0 Å². The van der Waals surface area contributed by atoms with Crippen LogP contribution in [0.25, 0.3) is 11.4 Å². The molecule has 0 spiro atoms. The molecular formula is C18H17N3O2. The van der Waals surface area contributed by atoms with Gasteiger partial charge < -0.3 is 9.84 Å². The van der Waals surface area contributed by atoms with Crippen LogP contribution in [0.4, 0.5) is 0 Å². The number of hydrogen-bond acceptors (Lipinski definition) is 4.